The van der Waals surface area contributed by atoms with E-state index < -0.39 is 10.0 Å². The minimum atomic E-state index is -3.16. The molecule has 0 fully saturated rings. The van der Waals surface area contributed by atoms with Crippen molar-refractivity contribution in [2.45, 2.75) is 13.1 Å². The molecule has 142 valence electrons. The summed E-state index contributed by atoms with van der Waals surface area (Å²) in [5.41, 5.74) is 4.28. The first-order valence-electron chi connectivity index (χ1n) is 8.82. The molecule has 0 unspecified atom stereocenters. The number of rotatable bonds is 9. The third-order valence-electron chi connectivity index (χ3n) is 4.05. The van der Waals surface area contributed by atoms with Gasteiger partial charge in [-0.05, 0) is 5.56 Å². The van der Waals surface area contributed by atoms with Crippen LogP contribution in [0, 0.1) is 0 Å². The molecule has 0 spiro atoms. The van der Waals surface area contributed by atoms with Crippen LogP contribution in [0.5, 0.6) is 0 Å². The third kappa shape index (κ3) is 6.02. The van der Waals surface area contributed by atoms with Crippen LogP contribution in [0.25, 0.3) is 11.3 Å². The molecular weight excluding hydrogens is 360 g/mol. The predicted molar refractivity (Wildman–Crippen MR) is 108 cm³/mol. The minimum absolute atomic E-state index is 0.359. The first kappa shape index (κ1) is 19.3. The van der Waals surface area contributed by atoms with E-state index in [9.17, 15) is 8.42 Å². The van der Waals surface area contributed by atoms with E-state index in [1.165, 1.54) is 5.56 Å². The van der Waals surface area contributed by atoms with Gasteiger partial charge in [-0.15, -0.1) is 0 Å². The highest BCUT2D eigenvalue weighted by Crippen LogP contribution is 2.22. The smallest absolute Gasteiger partial charge is 0.208 e. The average Bonchev–Trinajstić information content (AvgIpc) is 3.05. The Hall–Kier alpha value is -2.48. The molecule has 1 aromatic heterocycles. The maximum atomic E-state index is 11.1. The number of nitrogens with zero attached hydrogens (tertiary/aromatic N) is 2. The molecule has 2 N–H and O–H groups in total. The Morgan fingerprint density at radius 1 is 0.963 bits per heavy atom. The van der Waals surface area contributed by atoms with Crippen molar-refractivity contribution in [2.75, 3.05) is 19.3 Å². The summed E-state index contributed by atoms with van der Waals surface area (Å²) in [6.45, 7) is 2.23. The molecule has 0 radical (unpaired) electrons. The van der Waals surface area contributed by atoms with Crippen molar-refractivity contribution in [3.63, 3.8) is 0 Å². The van der Waals surface area contributed by atoms with Gasteiger partial charge < -0.3 is 5.32 Å². The second-order valence-corrected chi connectivity index (χ2v) is 8.23. The molecule has 0 atom stereocenters. The van der Waals surface area contributed by atoms with Crippen molar-refractivity contribution >= 4 is 10.0 Å². The van der Waals surface area contributed by atoms with E-state index >= 15 is 0 Å². The van der Waals surface area contributed by atoms with E-state index in [2.05, 4.69) is 22.2 Å². The van der Waals surface area contributed by atoms with Gasteiger partial charge >= 0.3 is 0 Å². The lowest BCUT2D eigenvalue weighted by atomic mass is 10.1. The van der Waals surface area contributed by atoms with Crippen molar-refractivity contribution in [3.8, 4) is 11.3 Å². The second-order valence-electron chi connectivity index (χ2n) is 6.40. The highest BCUT2D eigenvalue weighted by atomic mass is 32.2. The largest absolute Gasteiger partial charge is 0.311 e. The zero-order valence-corrected chi connectivity index (χ0v) is 16.1. The van der Waals surface area contributed by atoms with Gasteiger partial charge in [0.1, 0.15) is 0 Å². The first-order chi connectivity index (χ1) is 13.0. The zero-order chi connectivity index (χ0) is 19.1. The summed E-state index contributed by atoms with van der Waals surface area (Å²) in [6, 6.07) is 20.3. The van der Waals surface area contributed by atoms with Gasteiger partial charge in [0.05, 0.1) is 18.5 Å². The summed E-state index contributed by atoms with van der Waals surface area (Å²) >= 11 is 0. The highest BCUT2D eigenvalue weighted by molar-refractivity contribution is 7.88. The van der Waals surface area contributed by atoms with E-state index in [-0.39, 0.29) is 0 Å². The quantitative estimate of drug-likeness (QED) is 0.555. The van der Waals surface area contributed by atoms with Crippen LogP contribution in [0.3, 0.4) is 0 Å². The van der Waals surface area contributed by atoms with Crippen LogP contribution in [-0.4, -0.2) is 37.5 Å². The normalized spacial score (nSPS) is 11.6. The molecule has 2 aromatic carbocycles. The number of nitrogens with one attached hydrogen (secondary N) is 2. The van der Waals surface area contributed by atoms with Gasteiger partial charge in [-0.1, -0.05) is 60.7 Å². The van der Waals surface area contributed by atoms with Gasteiger partial charge in [-0.3, -0.25) is 4.68 Å². The molecule has 7 heteroatoms. The van der Waals surface area contributed by atoms with Gasteiger partial charge in [0.25, 0.3) is 0 Å². The van der Waals surface area contributed by atoms with Gasteiger partial charge in [0.15, 0.2) is 0 Å². The summed E-state index contributed by atoms with van der Waals surface area (Å²) in [5.74, 6) is 0. The lowest BCUT2D eigenvalue weighted by Gasteiger charge is -2.06. The van der Waals surface area contributed by atoms with Crippen LogP contribution in [-0.2, 0) is 23.1 Å². The number of hydrogen-bond donors (Lipinski definition) is 2. The van der Waals surface area contributed by atoms with Crippen molar-refractivity contribution in [1.82, 2.24) is 19.8 Å². The SMILES string of the molecule is CS(=O)(=O)NCCNCc1cn(Cc2ccccc2)nc1-c1ccccc1. The average molecular weight is 385 g/mol. The summed E-state index contributed by atoms with van der Waals surface area (Å²) in [6.07, 6.45) is 3.21. The van der Waals surface area contributed by atoms with Crippen molar-refractivity contribution in [2.24, 2.45) is 0 Å². The molecule has 3 aromatic rings. The lowest BCUT2D eigenvalue weighted by molar-refractivity contribution is 0.582. The van der Waals surface area contributed by atoms with E-state index in [1.54, 1.807) is 0 Å². The van der Waals surface area contributed by atoms with Crippen LogP contribution in [0.2, 0.25) is 0 Å². The number of sulfonamides is 1. The summed E-state index contributed by atoms with van der Waals surface area (Å²) in [7, 11) is -3.16. The van der Waals surface area contributed by atoms with E-state index in [4.69, 9.17) is 5.10 Å². The molecule has 1 heterocycles. The summed E-state index contributed by atoms with van der Waals surface area (Å²) in [5, 5.41) is 8.06. The molecule has 0 saturated heterocycles. The summed E-state index contributed by atoms with van der Waals surface area (Å²) < 4.78 is 26.7. The molecule has 0 aliphatic heterocycles. The van der Waals surface area contributed by atoms with E-state index in [1.807, 2.05) is 59.4 Å². The molecule has 0 bridgehead atoms. The topological polar surface area (TPSA) is 76.0 Å². The fourth-order valence-corrected chi connectivity index (χ4v) is 3.30. The fraction of sp³-hybridized carbons (Fsp3) is 0.250. The Kier molecular flexibility index (Phi) is 6.39. The zero-order valence-electron chi connectivity index (χ0n) is 15.3. The minimum Gasteiger partial charge on any atom is -0.311 e. The number of hydrogen-bond acceptors (Lipinski definition) is 4. The number of benzene rings is 2. The molecule has 0 aliphatic rings. The Morgan fingerprint density at radius 2 is 1.63 bits per heavy atom. The van der Waals surface area contributed by atoms with Crippen LogP contribution in [0.1, 0.15) is 11.1 Å². The monoisotopic (exact) mass is 384 g/mol. The molecule has 3 rings (SSSR count). The van der Waals surface area contributed by atoms with Gasteiger partial charge in [0, 0.05) is 37.0 Å². The third-order valence-corrected chi connectivity index (χ3v) is 4.78. The van der Waals surface area contributed by atoms with Gasteiger partial charge in [0.2, 0.25) is 10.0 Å². The molecule has 0 saturated carbocycles. The molecule has 0 amide bonds. The van der Waals surface area contributed by atoms with Crippen LogP contribution >= 0.6 is 0 Å². The van der Waals surface area contributed by atoms with Gasteiger partial charge in [-0.2, -0.15) is 5.10 Å². The van der Waals surface area contributed by atoms with Crippen molar-refractivity contribution in [1.29, 1.82) is 0 Å². The Labute approximate surface area is 160 Å². The Balaban J connectivity index is 1.72. The molecule has 0 aliphatic carbocycles. The standard InChI is InChI=1S/C20H24N4O2S/c1-27(25,26)22-13-12-21-14-19-16-24(15-17-8-4-2-5-9-17)23-20(19)18-10-6-3-7-11-18/h2-11,16,21-22H,12-15H2,1H3. The maximum Gasteiger partial charge on any atom is 0.208 e. The molecule has 27 heavy (non-hydrogen) atoms. The highest BCUT2D eigenvalue weighted by Gasteiger charge is 2.11. The first-order valence-corrected chi connectivity index (χ1v) is 10.7. The number of aromatic nitrogens is 2. The van der Waals surface area contributed by atoms with Crippen molar-refractivity contribution in [3.05, 3.63) is 78.0 Å². The Morgan fingerprint density at radius 3 is 2.30 bits per heavy atom. The second kappa shape index (κ2) is 8.94. The Bertz CT molecular complexity index is 954. The van der Waals surface area contributed by atoms with E-state index in [0.29, 0.717) is 26.2 Å². The fourth-order valence-electron chi connectivity index (χ4n) is 2.83. The molecular formula is C20H24N4O2S. The lowest BCUT2D eigenvalue weighted by Crippen LogP contribution is -2.30. The maximum absolute atomic E-state index is 11.1. The molecule has 6 nitrogen and oxygen atoms in total. The van der Waals surface area contributed by atoms with Crippen LogP contribution in [0.4, 0.5) is 0 Å². The van der Waals surface area contributed by atoms with Crippen LogP contribution in [0.15, 0.2) is 66.9 Å². The van der Waals surface area contributed by atoms with Crippen molar-refractivity contribution < 1.29 is 8.42 Å². The van der Waals surface area contributed by atoms with E-state index in [0.717, 1.165) is 23.1 Å². The van der Waals surface area contributed by atoms with Gasteiger partial charge in [-0.25, -0.2) is 13.1 Å². The van der Waals surface area contributed by atoms with Crippen LogP contribution < -0.4 is 10.0 Å². The summed E-state index contributed by atoms with van der Waals surface area (Å²) in [4.78, 5) is 0. The predicted octanol–water partition coefficient (Wildman–Crippen LogP) is 2.24.